The maximum absolute atomic E-state index is 9.46. The molecule has 0 bridgehead atoms. The van der Waals surface area contributed by atoms with Gasteiger partial charge in [-0.2, -0.15) is 0 Å². The summed E-state index contributed by atoms with van der Waals surface area (Å²) in [6.45, 7) is 5.76. The van der Waals surface area contributed by atoms with Crippen molar-refractivity contribution in [3.63, 3.8) is 0 Å². The zero-order chi connectivity index (χ0) is 20.9. The van der Waals surface area contributed by atoms with E-state index in [1.165, 1.54) is 11.1 Å². The third kappa shape index (κ3) is 4.78. The van der Waals surface area contributed by atoms with Crippen molar-refractivity contribution in [2.75, 3.05) is 0 Å². The number of aryl methyl sites for hydroxylation is 1. The monoisotopic (exact) mass is 434 g/mol. The predicted molar refractivity (Wildman–Crippen MR) is 129 cm³/mol. The number of aromatic hydroxyl groups is 1. The predicted octanol–water partition coefficient (Wildman–Crippen LogP) is 7.13. The van der Waals surface area contributed by atoms with E-state index in [4.69, 9.17) is 4.52 Å². The van der Waals surface area contributed by atoms with E-state index in [0.717, 1.165) is 43.1 Å². The number of fused-ring (bicyclic) bond motifs is 2. The lowest BCUT2D eigenvalue weighted by molar-refractivity contribution is 0.457. The van der Waals surface area contributed by atoms with Crippen molar-refractivity contribution in [1.29, 1.82) is 0 Å². The molecule has 0 aliphatic carbocycles. The van der Waals surface area contributed by atoms with Gasteiger partial charge < -0.3 is 9.63 Å². The van der Waals surface area contributed by atoms with E-state index in [-0.39, 0.29) is 5.75 Å². The number of H-pyrrole nitrogens is 1. The van der Waals surface area contributed by atoms with E-state index in [9.17, 15) is 5.11 Å². The molecule has 3 aromatic carbocycles. The van der Waals surface area contributed by atoms with Crippen molar-refractivity contribution in [2.24, 2.45) is 4.99 Å². The number of benzene rings is 3. The highest BCUT2D eigenvalue weighted by Crippen LogP contribution is 2.30. The first-order valence-electron chi connectivity index (χ1n) is 9.51. The van der Waals surface area contributed by atoms with Crippen LogP contribution in [0.25, 0.3) is 20.5 Å². The lowest BCUT2D eigenvalue weighted by Gasteiger charge is -2.10. The summed E-state index contributed by atoms with van der Waals surface area (Å²) in [5, 5.41) is 12.6. The number of aromatic amines is 1. The van der Waals surface area contributed by atoms with Crippen molar-refractivity contribution in [3.05, 3.63) is 88.5 Å². The summed E-state index contributed by atoms with van der Waals surface area (Å²) in [7, 11) is 0. The zero-order valence-electron chi connectivity index (χ0n) is 16.6. The van der Waals surface area contributed by atoms with Crippen molar-refractivity contribution >= 4 is 50.3 Å². The fraction of sp³-hybridized carbons (Fsp3) is 0.125. The van der Waals surface area contributed by atoms with Crippen LogP contribution in [0.5, 0.6) is 5.75 Å². The number of nitrogens with zero attached hydrogens (tertiary/aromatic N) is 1. The number of para-hydroxylation sites is 1. The quantitative estimate of drug-likeness (QED) is 0.317. The average molecular weight is 435 g/mol. The number of hydrogen-bond donors (Lipinski definition) is 2. The first-order valence-corrected chi connectivity index (χ1v) is 11.3. The number of nitrogens with one attached hydrogen (secondary N) is 1. The molecule has 4 aromatic rings. The molecule has 1 heterocycles. The molecule has 152 valence electrons. The molecule has 1 aromatic heterocycles. The van der Waals surface area contributed by atoms with Crippen LogP contribution in [-0.4, -0.2) is 17.0 Å². The Hall–Kier alpha value is -2.96. The molecule has 0 spiro atoms. The molecule has 0 fully saturated rings. The first-order chi connectivity index (χ1) is 14.6. The Bertz CT molecular complexity index is 1260. The van der Waals surface area contributed by atoms with Crippen LogP contribution in [0.4, 0.5) is 0 Å². The Morgan fingerprint density at radius 3 is 2.77 bits per heavy atom. The zero-order valence-corrected chi connectivity index (χ0v) is 18.2. The second kappa shape index (κ2) is 9.24. The molecule has 0 aliphatic heterocycles. The first kappa shape index (κ1) is 20.3. The SMILES string of the molecule is C=N/C=C(/Cc1cc2[nH]oc3ccccc3sc2cc1C)SCc1ccc(O)cc1. The number of aromatic nitrogens is 1. The Morgan fingerprint density at radius 1 is 1.17 bits per heavy atom. The third-order valence-electron chi connectivity index (χ3n) is 4.74. The molecule has 0 aliphatic rings. The summed E-state index contributed by atoms with van der Waals surface area (Å²) in [4.78, 5) is 5.13. The van der Waals surface area contributed by atoms with Gasteiger partial charge in [-0.3, -0.25) is 4.99 Å². The van der Waals surface area contributed by atoms with Gasteiger partial charge in [0.2, 0.25) is 0 Å². The van der Waals surface area contributed by atoms with Gasteiger partial charge in [0.25, 0.3) is 0 Å². The number of allylic oxidation sites excluding steroid dienone is 1. The van der Waals surface area contributed by atoms with Crippen LogP contribution < -0.4 is 0 Å². The molecule has 0 amide bonds. The van der Waals surface area contributed by atoms with E-state index in [1.807, 2.05) is 36.5 Å². The van der Waals surface area contributed by atoms with Crippen molar-refractivity contribution < 1.29 is 9.63 Å². The molecular formula is C24H22N2O2S2. The number of rotatable bonds is 6. The van der Waals surface area contributed by atoms with Crippen LogP contribution in [0.3, 0.4) is 0 Å². The molecular weight excluding hydrogens is 412 g/mol. The summed E-state index contributed by atoms with van der Waals surface area (Å²) in [6, 6.07) is 19.7. The lowest BCUT2D eigenvalue weighted by atomic mass is 10.1. The fourth-order valence-corrected chi connectivity index (χ4v) is 5.11. The number of hydrogen-bond acceptors (Lipinski definition) is 5. The van der Waals surface area contributed by atoms with Crippen LogP contribution in [-0.2, 0) is 12.2 Å². The molecule has 0 radical (unpaired) electrons. The van der Waals surface area contributed by atoms with E-state index in [0.29, 0.717) is 0 Å². The summed E-state index contributed by atoms with van der Waals surface area (Å²) >= 11 is 3.44. The van der Waals surface area contributed by atoms with Crippen LogP contribution in [0.15, 0.2) is 81.3 Å². The lowest BCUT2D eigenvalue weighted by Crippen LogP contribution is -1.93. The largest absolute Gasteiger partial charge is 0.508 e. The number of phenols is 1. The van der Waals surface area contributed by atoms with Crippen molar-refractivity contribution in [3.8, 4) is 5.75 Å². The molecule has 0 atom stereocenters. The van der Waals surface area contributed by atoms with Crippen molar-refractivity contribution in [2.45, 2.75) is 19.1 Å². The topological polar surface area (TPSA) is 61.5 Å². The highest BCUT2D eigenvalue weighted by atomic mass is 32.2. The minimum atomic E-state index is 0.280. The summed E-state index contributed by atoms with van der Waals surface area (Å²) < 4.78 is 8.04. The Kier molecular flexibility index (Phi) is 6.26. The van der Waals surface area contributed by atoms with E-state index >= 15 is 0 Å². The molecule has 0 saturated carbocycles. The Morgan fingerprint density at radius 2 is 1.97 bits per heavy atom. The average Bonchev–Trinajstić information content (AvgIpc) is 2.92. The maximum Gasteiger partial charge on any atom is 0.172 e. The summed E-state index contributed by atoms with van der Waals surface area (Å²) in [6.07, 6.45) is 2.59. The molecule has 4 rings (SSSR count). The second-order valence-electron chi connectivity index (χ2n) is 6.94. The minimum absolute atomic E-state index is 0.280. The molecule has 2 N–H and O–H groups in total. The third-order valence-corrected chi connectivity index (χ3v) is 6.95. The van der Waals surface area contributed by atoms with E-state index in [2.05, 4.69) is 42.0 Å². The van der Waals surface area contributed by atoms with Gasteiger partial charge in [-0.25, -0.2) is 5.16 Å². The molecule has 0 unspecified atom stereocenters. The van der Waals surface area contributed by atoms with Gasteiger partial charge in [-0.1, -0.05) is 24.3 Å². The van der Waals surface area contributed by atoms with Gasteiger partial charge in [0.05, 0.1) is 14.9 Å². The summed E-state index contributed by atoms with van der Waals surface area (Å²) in [5.41, 5.74) is 5.38. The van der Waals surface area contributed by atoms with Crippen LogP contribution in [0.2, 0.25) is 0 Å². The normalized spacial score (nSPS) is 11.7. The van der Waals surface area contributed by atoms with Gasteiger partial charge in [-0.05, 0) is 66.7 Å². The highest BCUT2D eigenvalue weighted by molar-refractivity contribution is 8.02. The molecule has 30 heavy (non-hydrogen) atoms. The second-order valence-corrected chi connectivity index (χ2v) is 9.12. The van der Waals surface area contributed by atoms with Gasteiger partial charge in [0, 0.05) is 23.3 Å². The minimum Gasteiger partial charge on any atom is -0.508 e. The Balaban J connectivity index is 1.62. The maximum atomic E-state index is 9.46. The van der Waals surface area contributed by atoms with Gasteiger partial charge in [0.15, 0.2) is 5.58 Å². The van der Waals surface area contributed by atoms with Gasteiger partial charge in [-0.15, -0.1) is 23.1 Å². The van der Waals surface area contributed by atoms with E-state index in [1.54, 1.807) is 35.2 Å². The standard InChI is InChI=1S/C24H22N2O2S2/c1-16-11-24-21(26-28-22-5-3-4-6-23(22)30-24)13-18(16)12-20(14-25-2)29-15-17-7-9-19(27)10-8-17/h3-11,13-14,26-27H,2,12,15H2,1H3/b20-14-. The van der Waals surface area contributed by atoms with Gasteiger partial charge >= 0.3 is 0 Å². The van der Waals surface area contributed by atoms with Crippen LogP contribution >= 0.6 is 23.1 Å². The van der Waals surface area contributed by atoms with Gasteiger partial charge in [0.1, 0.15) is 5.75 Å². The number of thioether (sulfide) groups is 1. The number of aliphatic imine (C=N–C) groups is 1. The van der Waals surface area contributed by atoms with E-state index < -0.39 is 0 Å². The Labute approximate surface area is 183 Å². The van der Waals surface area contributed by atoms with Crippen LogP contribution in [0.1, 0.15) is 16.7 Å². The molecule has 0 saturated heterocycles. The fourth-order valence-electron chi connectivity index (χ4n) is 3.12. The molecule has 6 heteroatoms. The molecule has 4 nitrogen and oxygen atoms in total. The highest BCUT2D eigenvalue weighted by Gasteiger charge is 2.08. The smallest absolute Gasteiger partial charge is 0.172 e. The summed E-state index contributed by atoms with van der Waals surface area (Å²) in [5.74, 6) is 1.08. The number of phenolic OH excluding ortho intramolecular Hbond substituents is 1. The van der Waals surface area contributed by atoms with Crippen LogP contribution in [0, 0.1) is 6.92 Å². The van der Waals surface area contributed by atoms with Crippen molar-refractivity contribution in [1.82, 2.24) is 5.16 Å².